The third kappa shape index (κ3) is 3.31. The summed E-state index contributed by atoms with van der Waals surface area (Å²) < 4.78 is 39.6. The average Bonchev–Trinajstić information content (AvgIpc) is 2.95. The van der Waals surface area contributed by atoms with Crippen LogP contribution in [0.15, 0.2) is 30.6 Å². The van der Waals surface area contributed by atoms with E-state index in [2.05, 4.69) is 15.0 Å². The molecule has 2 N–H and O–H groups in total. The number of alkyl halides is 3. The molecule has 0 amide bonds. The summed E-state index contributed by atoms with van der Waals surface area (Å²) in [6, 6.07) is 3.38. The molecule has 0 radical (unpaired) electrons. The highest BCUT2D eigenvalue weighted by molar-refractivity contribution is 5.58. The fraction of sp³-hybridized carbons (Fsp3) is 0.400. The number of β-amino-alcohol motifs (C(OH)–C–C–N with tert-alkyl or cyclic N) is 1. The lowest BCUT2D eigenvalue weighted by Gasteiger charge is -2.24. The van der Waals surface area contributed by atoms with E-state index >= 15 is 0 Å². The third-order valence-electron chi connectivity index (χ3n) is 3.84. The Kier molecular flexibility index (Phi) is 4.37. The Morgan fingerprint density at radius 1 is 1.21 bits per heavy atom. The van der Waals surface area contributed by atoms with E-state index < -0.39 is 24.0 Å². The second kappa shape index (κ2) is 6.33. The molecule has 0 bridgehead atoms. The number of aromatic nitrogens is 3. The molecule has 1 fully saturated rings. The zero-order valence-corrected chi connectivity index (χ0v) is 12.5. The van der Waals surface area contributed by atoms with Gasteiger partial charge in [0.2, 0.25) is 0 Å². The van der Waals surface area contributed by atoms with Gasteiger partial charge in [0.25, 0.3) is 0 Å². The minimum absolute atomic E-state index is 0.0275. The summed E-state index contributed by atoms with van der Waals surface area (Å²) in [7, 11) is 0. The first-order chi connectivity index (χ1) is 11.4. The maximum absolute atomic E-state index is 13.2. The van der Waals surface area contributed by atoms with Crippen LogP contribution in [0.2, 0.25) is 0 Å². The van der Waals surface area contributed by atoms with Crippen molar-refractivity contribution in [3.05, 3.63) is 36.3 Å². The third-order valence-corrected chi connectivity index (χ3v) is 3.84. The molecule has 1 aliphatic heterocycles. The van der Waals surface area contributed by atoms with Gasteiger partial charge in [0.15, 0.2) is 11.5 Å². The van der Waals surface area contributed by atoms with Gasteiger partial charge < -0.3 is 15.1 Å². The summed E-state index contributed by atoms with van der Waals surface area (Å²) in [5.74, 6) is -0.0555. The van der Waals surface area contributed by atoms with Crippen molar-refractivity contribution < 1.29 is 23.4 Å². The van der Waals surface area contributed by atoms with Crippen molar-refractivity contribution in [3.63, 3.8) is 0 Å². The number of aliphatic hydroxyl groups excluding tert-OH is 2. The van der Waals surface area contributed by atoms with Gasteiger partial charge in [-0.25, -0.2) is 9.97 Å². The van der Waals surface area contributed by atoms with Crippen LogP contribution in [0.4, 0.5) is 19.0 Å². The van der Waals surface area contributed by atoms with Crippen molar-refractivity contribution >= 4 is 5.82 Å². The minimum Gasteiger partial charge on any atom is -0.394 e. The lowest BCUT2D eigenvalue weighted by Crippen LogP contribution is -2.33. The summed E-state index contributed by atoms with van der Waals surface area (Å²) in [5, 5.41) is 19.2. The van der Waals surface area contributed by atoms with Crippen LogP contribution in [0.3, 0.4) is 0 Å². The summed E-state index contributed by atoms with van der Waals surface area (Å²) in [6.45, 7) is -0.178. The van der Waals surface area contributed by atoms with Gasteiger partial charge in [-0.15, -0.1) is 0 Å². The van der Waals surface area contributed by atoms with Crippen LogP contribution in [0.5, 0.6) is 0 Å². The lowest BCUT2D eigenvalue weighted by molar-refractivity contribution is -0.141. The Morgan fingerprint density at radius 3 is 2.54 bits per heavy atom. The summed E-state index contributed by atoms with van der Waals surface area (Å²) in [6.07, 6.45) is -2.21. The number of rotatable bonds is 3. The van der Waals surface area contributed by atoms with E-state index in [0.29, 0.717) is 5.56 Å². The Balaban J connectivity index is 2.09. The number of nitrogens with zero attached hydrogens (tertiary/aromatic N) is 4. The van der Waals surface area contributed by atoms with E-state index in [4.69, 9.17) is 0 Å². The first-order valence-corrected chi connectivity index (χ1v) is 7.30. The van der Waals surface area contributed by atoms with Crippen LogP contribution in [0, 0.1) is 0 Å². The SMILES string of the molecule is OC[C@@H]1C[C@@H](O)CN1c1cc(C(F)(F)F)nc(-c2ccncc2)n1. The molecule has 2 aromatic heterocycles. The molecule has 24 heavy (non-hydrogen) atoms. The fourth-order valence-electron chi connectivity index (χ4n) is 2.70. The molecular weight excluding hydrogens is 325 g/mol. The molecule has 9 heteroatoms. The molecule has 2 aromatic rings. The van der Waals surface area contributed by atoms with Crippen LogP contribution in [0.1, 0.15) is 12.1 Å². The molecule has 6 nitrogen and oxygen atoms in total. The highest BCUT2D eigenvalue weighted by Gasteiger charge is 2.37. The first-order valence-electron chi connectivity index (χ1n) is 7.30. The van der Waals surface area contributed by atoms with Gasteiger partial charge in [-0.3, -0.25) is 4.98 Å². The number of hydrogen-bond donors (Lipinski definition) is 2. The molecule has 128 valence electrons. The Labute approximate surface area is 135 Å². The zero-order chi connectivity index (χ0) is 17.3. The van der Waals surface area contributed by atoms with E-state index in [1.165, 1.54) is 29.4 Å². The second-order valence-electron chi connectivity index (χ2n) is 5.55. The van der Waals surface area contributed by atoms with Gasteiger partial charge in [-0.1, -0.05) is 0 Å². The highest BCUT2D eigenvalue weighted by atomic mass is 19.4. The van der Waals surface area contributed by atoms with E-state index in [1.54, 1.807) is 0 Å². The van der Waals surface area contributed by atoms with Gasteiger partial charge in [0.1, 0.15) is 5.82 Å². The van der Waals surface area contributed by atoms with E-state index in [-0.39, 0.29) is 31.2 Å². The van der Waals surface area contributed by atoms with Crippen molar-refractivity contribution in [2.24, 2.45) is 0 Å². The molecule has 3 rings (SSSR count). The molecule has 1 saturated heterocycles. The summed E-state index contributed by atoms with van der Waals surface area (Å²) >= 11 is 0. The van der Waals surface area contributed by atoms with E-state index in [1.807, 2.05) is 0 Å². The molecule has 0 spiro atoms. The number of anilines is 1. The first kappa shape index (κ1) is 16.6. The smallest absolute Gasteiger partial charge is 0.394 e. The summed E-state index contributed by atoms with van der Waals surface area (Å²) in [4.78, 5) is 13.1. The quantitative estimate of drug-likeness (QED) is 0.881. The molecule has 0 unspecified atom stereocenters. The number of hydrogen-bond acceptors (Lipinski definition) is 6. The maximum Gasteiger partial charge on any atom is 0.433 e. The molecule has 1 aliphatic rings. The molecular formula is C15H15F3N4O2. The topological polar surface area (TPSA) is 82.4 Å². The number of pyridine rings is 1. The molecule has 2 atom stereocenters. The van der Waals surface area contributed by atoms with Crippen molar-refractivity contribution in [3.8, 4) is 11.4 Å². The Morgan fingerprint density at radius 2 is 1.92 bits per heavy atom. The monoisotopic (exact) mass is 340 g/mol. The molecule has 0 saturated carbocycles. The van der Waals surface area contributed by atoms with E-state index in [0.717, 1.165) is 6.07 Å². The van der Waals surface area contributed by atoms with Crippen molar-refractivity contribution in [2.45, 2.75) is 24.7 Å². The predicted octanol–water partition coefficient (Wildman–Crippen LogP) is 1.49. The lowest BCUT2D eigenvalue weighted by atomic mass is 10.2. The second-order valence-corrected chi connectivity index (χ2v) is 5.55. The predicted molar refractivity (Wildman–Crippen MR) is 79.1 cm³/mol. The normalized spacial score (nSPS) is 21.3. The summed E-state index contributed by atoms with van der Waals surface area (Å²) in [5.41, 5.74) is -0.671. The molecule has 0 aromatic carbocycles. The standard InChI is InChI=1S/C15H15F3N4O2/c16-15(17,18)12-6-13(22-7-11(24)5-10(22)8-23)21-14(20-12)9-1-3-19-4-2-9/h1-4,6,10-11,23-24H,5,7-8H2/t10-,11+/m0/s1. The van der Waals surface area contributed by atoms with Gasteiger partial charge in [-0.2, -0.15) is 13.2 Å². The van der Waals surface area contributed by atoms with Gasteiger partial charge in [0, 0.05) is 30.6 Å². The van der Waals surface area contributed by atoms with Crippen molar-refractivity contribution in [1.82, 2.24) is 15.0 Å². The average molecular weight is 340 g/mol. The molecule has 3 heterocycles. The zero-order valence-electron chi connectivity index (χ0n) is 12.5. The van der Waals surface area contributed by atoms with Crippen LogP contribution < -0.4 is 4.90 Å². The van der Waals surface area contributed by atoms with E-state index in [9.17, 15) is 23.4 Å². The van der Waals surface area contributed by atoms with Crippen LogP contribution in [-0.4, -0.2) is 50.5 Å². The maximum atomic E-state index is 13.2. The Bertz CT molecular complexity index is 712. The van der Waals surface area contributed by atoms with Crippen LogP contribution >= 0.6 is 0 Å². The van der Waals surface area contributed by atoms with Crippen LogP contribution in [0.25, 0.3) is 11.4 Å². The highest BCUT2D eigenvalue weighted by Crippen LogP contribution is 2.33. The largest absolute Gasteiger partial charge is 0.433 e. The number of halogens is 3. The Hall–Kier alpha value is -2.26. The van der Waals surface area contributed by atoms with Gasteiger partial charge in [-0.05, 0) is 18.6 Å². The minimum atomic E-state index is -4.63. The van der Waals surface area contributed by atoms with Gasteiger partial charge in [0.05, 0.1) is 18.8 Å². The number of aliphatic hydroxyl groups is 2. The van der Waals surface area contributed by atoms with Gasteiger partial charge >= 0.3 is 6.18 Å². The fourth-order valence-corrected chi connectivity index (χ4v) is 2.70. The van der Waals surface area contributed by atoms with Crippen molar-refractivity contribution in [2.75, 3.05) is 18.1 Å². The molecule has 0 aliphatic carbocycles. The van der Waals surface area contributed by atoms with Crippen molar-refractivity contribution in [1.29, 1.82) is 0 Å². The van der Waals surface area contributed by atoms with Crippen LogP contribution in [-0.2, 0) is 6.18 Å².